The number of hydrogen-bond donors (Lipinski definition) is 0. The van der Waals surface area contributed by atoms with Crippen LogP contribution < -0.4 is 4.90 Å². The van der Waals surface area contributed by atoms with E-state index >= 15 is 0 Å². The molecule has 1 aliphatic rings. The van der Waals surface area contributed by atoms with Gasteiger partial charge in [0, 0.05) is 33.8 Å². The second-order valence-electron chi connectivity index (χ2n) is 4.77. The van der Waals surface area contributed by atoms with Crippen LogP contribution in [0.4, 0.5) is 5.82 Å². The zero-order chi connectivity index (χ0) is 13.4. The number of nitrogens with zero attached hydrogens (tertiary/aromatic N) is 3. The molecule has 0 amide bonds. The highest BCUT2D eigenvalue weighted by atomic mass is 79.9. The molecule has 6 heteroatoms. The van der Waals surface area contributed by atoms with Crippen LogP contribution in [-0.2, 0) is 6.54 Å². The van der Waals surface area contributed by atoms with Crippen LogP contribution in [0.5, 0.6) is 0 Å². The van der Waals surface area contributed by atoms with E-state index in [0.29, 0.717) is 5.92 Å². The molecule has 0 unspecified atom stereocenters. The smallest absolute Gasteiger partial charge is 0.135 e. The van der Waals surface area contributed by atoms with Gasteiger partial charge < -0.3 is 4.90 Å². The third-order valence-corrected chi connectivity index (χ3v) is 5.14. The molecule has 2 aromatic rings. The SMILES string of the molecule is CN(Cc1cc(Br)cs1)c1cc(Br)nc(C2CC2)n1. The molecule has 1 saturated carbocycles. The van der Waals surface area contributed by atoms with Crippen molar-refractivity contribution in [1.29, 1.82) is 0 Å². The van der Waals surface area contributed by atoms with Crippen molar-refractivity contribution in [3.8, 4) is 0 Å². The fourth-order valence-electron chi connectivity index (χ4n) is 1.89. The van der Waals surface area contributed by atoms with Gasteiger partial charge in [-0.05, 0) is 50.8 Å². The maximum atomic E-state index is 4.68. The zero-order valence-electron chi connectivity index (χ0n) is 10.4. The first-order valence-electron chi connectivity index (χ1n) is 6.10. The van der Waals surface area contributed by atoms with Crippen molar-refractivity contribution in [2.75, 3.05) is 11.9 Å². The molecule has 3 nitrogen and oxygen atoms in total. The Morgan fingerprint density at radius 2 is 2.11 bits per heavy atom. The Morgan fingerprint density at radius 3 is 2.74 bits per heavy atom. The summed E-state index contributed by atoms with van der Waals surface area (Å²) in [5.74, 6) is 2.53. The molecule has 0 atom stereocenters. The molecular formula is C13H13Br2N3S. The average Bonchev–Trinajstić information content (AvgIpc) is 3.13. The average molecular weight is 403 g/mol. The Kier molecular flexibility index (Phi) is 3.91. The Morgan fingerprint density at radius 1 is 1.32 bits per heavy atom. The van der Waals surface area contributed by atoms with Crippen molar-refractivity contribution < 1.29 is 0 Å². The van der Waals surface area contributed by atoms with Crippen LogP contribution in [0.25, 0.3) is 0 Å². The number of anilines is 1. The minimum Gasteiger partial charge on any atom is -0.354 e. The summed E-state index contributed by atoms with van der Waals surface area (Å²) in [5.41, 5.74) is 0. The van der Waals surface area contributed by atoms with Gasteiger partial charge in [-0.3, -0.25) is 0 Å². The van der Waals surface area contributed by atoms with Gasteiger partial charge in [-0.1, -0.05) is 0 Å². The Hall–Kier alpha value is -0.460. The number of rotatable bonds is 4. The molecule has 19 heavy (non-hydrogen) atoms. The molecule has 0 N–H and O–H groups in total. The summed E-state index contributed by atoms with van der Waals surface area (Å²) in [6.45, 7) is 0.865. The van der Waals surface area contributed by atoms with Crippen molar-refractivity contribution in [1.82, 2.24) is 9.97 Å². The predicted molar refractivity (Wildman–Crippen MR) is 85.8 cm³/mol. The summed E-state index contributed by atoms with van der Waals surface area (Å²) >= 11 is 8.73. The number of aromatic nitrogens is 2. The zero-order valence-corrected chi connectivity index (χ0v) is 14.4. The first-order chi connectivity index (χ1) is 9.11. The number of hydrogen-bond acceptors (Lipinski definition) is 4. The Balaban J connectivity index is 1.80. The number of thiophene rings is 1. The molecule has 0 radical (unpaired) electrons. The van der Waals surface area contributed by atoms with E-state index in [0.717, 1.165) is 27.3 Å². The van der Waals surface area contributed by atoms with Crippen molar-refractivity contribution in [2.24, 2.45) is 0 Å². The minimum absolute atomic E-state index is 0.570. The van der Waals surface area contributed by atoms with Crippen LogP contribution in [0.1, 0.15) is 29.5 Å². The van der Waals surface area contributed by atoms with Crippen molar-refractivity contribution in [2.45, 2.75) is 25.3 Å². The third-order valence-electron chi connectivity index (χ3n) is 3.05. The highest BCUT2D eigenvalue weighted by Crippen LogP contribution is 2.39. The van der Waals surface area contributed by atoms with Gasteiger partial charge in [-0.15, -0.1) is 11.3 Å². The summed E-state index contributed by atoms with van der Waals surface area (Å²) in [5, 5.41) is 2.11. The molecule has 0 aromatic carbocycles. The number of halogens is 2. The Bertz CT molecular complexity index is 595. The molecule has 3 rings (SSSR count). The van der Waals surface area contributed by atoms with E-state index in [1.165, 1.54) is 17.7 Å². The van der Waals surface area contributed by atoms with Gasteiger partial charge in [0.25, 0.3) is 0 Å². The normalized spacial score (nSPS) is 14.7. The standard InChI is InChI=1S/C13H13Br2N3S/c1-18(6-10-4-9(14)7-19-10)12-5-11(15)16-13(17-12)8-2-3-8/h4-5,7-8H,2-3,6H2,1H3. The second kappa shape index (κ2) is 5.50. The Labute approximate surface area is 133 Å². The third kappa shape index (κ3) is 3.35. The fraction of sp³-hybridized carbons (Fsp3) is 0.385. The van der Waals surface area contributed by atoms with Crippen LogP contribution in [0.3, 0.4) is 0 Å². The monoisotopic (exact) mass is 401 g/mol. The van der Waals surface area contributed by atoms with Gasteiger partial charge in [0.15, 0.2) is 0 Å². The minimum atomic E-state index is 0.570. The molecule has 0 saturated heterocycles. The first-order valence-corrected chi connectivity index (χ1v) is 8.57. The van der Waals surface area contributed by atoms with E-state index in [1.807, 2.05) is 6.07 Å². The van der Waals surface area contributed by atoms with E-state index in [4.69, 9.17) is 0 Å². The molecule has 2 heterocycles. The van der Waals surface area contributed by atoms with Crippen LogP contribution in [0.2, 0.25) is 0 Å². The van der Waals surface area contributed by atoms with Crippen molar-refractivity contribution >= 4 is 49.0 Å². The van der Waals surface area contributed by atoms with Gasteiger partial charge in [-0.25, -0.2) is 9.97 Å². The van der Waals surface area contributed by atoms with Crippen LogP contribution in [-0.4, -0.2) is 17.0 Å². The summed E-state index contributed by atoms with van der Waals surface area (Å²) in [7, 11) is 2.07. The van der Waals surface area contributed by atoms with E-state index in [-0.39, 0.29) is 0 Å². The maximum Gasteiger partial charge on any atom is 0.135 e. The molecular weight excluding hydrogens is 390 g/mol. The van der Waals surface area contributed by atoms with Crippen LogP contribution in [0.15, 0.2) is 26.6 Å². The predicted octanol–water partition coefficient (Wildman–Crippen LogP) is 4.58. The summed E-state index contributed by atoms with van der Waals surface area (Å²) < 4.78 is 2.02. The van der Waals surface area contributed by atoms with Gasteiger partial charge >= 0.3 is 0 Å². The van der Waals surface area contributed by atoms with E-state index in [1.54, 1.807) is 11.3 Å². The quantitative estimate of drug-likeness (QED) is 0.701. The van der Waals surface area contributed by atoms with Gasteiger partial charge in [0.1, 0.15) is 16.2 Å². The molecule has 1 aliphatic carbocycles. The van der Waals surface area contributed by atoms with E-state index in [2.05, 4.69) is 65.2 Å². The van der Waals surface area contributed by atoms with Gasteiger partial charge in [0.2, 0.25) is 0 Å². The lowest BCUT2D eigenvalue weighted by molar-refractivity contribution is 0.854. The maximum absolute atomic E-state index is 4.68. The topological polar surface area (TPSA) is 29.0 Å². The van der Waals surface area contributed by atoms with Gasteiger partial charge in [0.05, 0.1) is 6.54 Å². The molecule has 0 bridgehead atoms. The van der Waals surface area contributed by atoms with Crippen LogP contribution in [0, 0.1) is 0 Å². The summed E-state index contributed by atoms with van der Waals surface area (Å²) in [6.07, 6.45) is 2.44. The first kappa shape index (κ1) is 13.5. The lowest BCUT2D eigenvalue weighted by Gasteiger charge is -2.18. The molecule has 2 aromatic heterocycles. The highest BCUT2D eigenvalue weighted by molar-refractivity contribution is 9.10. The summed E-state index contributed by atoms with van der Waals surface area (Å²) in [6, 6.07) is 4.13. The lowest BCUT2D eigenvalue weighted by atomic mass is 10.3. The van der Waals surface area contributed by atoms with E-state index < -0.39 is 0 Å². The van der Waals surface area contributed by atoms with Crippen molar-refractivity contribution in [3.63, 3.8) is 0 Å². The van der Waals surface area contributed by atoms with Crippen molar-refractivity contribution in [3.05, 3.63) is 37.3 Å². The molecule has 100 valence electrons. The lowest BCUT2D eigenvalue weighted by Crippen LogP contribution is -2.18. The molecule has 1 fully saturated rings. The highest BCUT2D eigenvalue weighted by Gasteiger charge is 2.27. The molecule has 0 spiro atoms. The largest absolute Gasteiger partial charge is 0.354 e. The van der Waals surface area contributed by atoms with E-state index in [9.17, 15) is 0 Å². The summed E-state index contributed by atoms with van der Waals surface area (Å²) in [4.78, 5) is 12.6. The van der Waals surface area contributed by atoms with Crippen LogP contribution >= 0.6 is 43.2 Å². The second-order valence-corrected chi connectivity index (χ2v) is 7.49. The van der Waals surface area contributed by atoms with Gasteiger partial charge in [-0.2, -0.15) is 0 Å². The fourth-order valence-corrected chi connectivity index (χ4v) is 3.78. The molecule has 0 aliphatic heterocycles.